The van der Waals surface area contributed by atoms with Crippen molar-refractivity contribution in [2.24, 2.45) is 5.92 Å². The van der Waals surface area contributed by atoms with Crippen molar-refractivity contribution in [2.45, 2.75) is 38.4 Å². The zero-order valence-electron chi connectivity index (χ0n) is 8.43. The Morgan fingerprint density at radius 1 is 1.53 bits per heavy atom. The first-order valence-corrected chi connectivity index (χ1v) is 4.92. The molecule has 1 amide bonds. The minimum atomic E-state index is -4.45. The predicted octanol–water partition coefficient (Wildman–Crippen LogP) is 2.46. The van der Waals surface area contributed by atoms with E-state index >= 15 is 0 Å². The molecule has 1 N–H and O–H groups in total. The van der Waals surface area contributed by atoms with Crippen molar-refractivity contribution in [3.63, 3.8) is 0 Å². The first-order chi connectivity index (χ1) is 6.92. The summed E-state index contributed by atoms with van der Waals surface area (Å²) >= 11 is 0. The van der Waals surface area contributed by atoms with Gasteiger partial charge in [0, 0.05) is 6.04 Å². The highest BCUT2D eigenvalue weighted by Crippen LogP contribution is 2.34. The maximum Gasteiger partial charge on any atom is 0.422 e. The van der Waals surface area contributed by atoms with Gasteiger partial charge in [0.15, 0.2) is 6.61 Å². The van der Waals surface area contributed by atoms with Crippen LogP contribution in [0.5, 0.6) is 0 Å². The summed E-state index contributed by atoms with van der Waals surface area (Å²) in [5, 5.41) is 2.40. The standard InChI is InChI=1S/C9H14F3NO2/c1-2-3-6-4-7(6)13-8(14)15-5-9(10,11)12/h6-7H,2-5H2,1H3,(H,13,14). The smallest absolute Gasteiger partial charge is 0.422 e. The fraction of sp³-hybridized carbons (Fsp3) is 0.889. The Hall–Kier alpha value is -0.940. The summed E-state index contributed by atoms with van der Waals surface area (Å²) in [6.07, 6.45) is -2.58. The van der Waals surface area contributed by atoms with Crippen LogP contribution in [0.15, 0.2) is 0 Å². The summed E-state index contributed by atoms with van der Waals surface area (Å²) in [6, 6.07) is 0.00526. The van der Waals surface area contributed by atoms with Crippen molar-refractivity contribution < 1.29 is 22.7 Å². The average Bonchev–Trinajstić information content (AvgIpc) is 2.80. The Labute approximate surface area is 86.0 Å². The van der Waals surface area contributed by atoms with Crippen LogP contribution in [0.1, 0.15) is 26.2 Å². The van der Waals surface area contributed by atoms with E-state index in [9.17, 15) is 18.0 Å². The van der Waals surface area contributed by atoms with Crippen LogP contribution in [0.4, 0.5) is 18.0 Å². The van der Waals surface area contributed by atoms with Gasteiger partial charge in [-0.1, -0.05) is 13.3 Å². The van der Waals surface area contributed by atoms with Crippen LogP contribution in [0, 0.1) is 5.92 Å². The van der Waals surface area contributed by atoms with E-state index in [2.05, 4.69) is 10.1 Å². The Balaban J connectivity index is 2.10. The summed E-state index contributed by atoms with van der Waals surface area (Å²) in [6.45, 7) is 0.501. The molecule has 2 atom stereocenters. The average molecular weight is 225 g/mol. The Morgan fingerprint density at radius 2 is 2.20 bits per heavy atom. The lowest BCUT2D eigenvalue weighted by molar-refractivity contribution is -0.160. The molecule has 0 aromatic heterocycles. The van der Waals surface area contributed by atoms with E-state index in [1.807, 2.05) is 6.92 Å². The van der Waals surface area contributed by atoms with E-state index < -0.39 is 18.9 Å². The zero-order chi connectivity index (χ0) is 11.5. The van der Waals surface area contributed by atoms with Gasteiger partial charge in [-0.15, -0.1) is 0 Å². The number of ether oxygens (including phenoxy) is 1. The summed E-state index contributed by atoms with van der Waals surface area (Å²) in [7, 11) is 0. The van der Waals surface area contributed by atoms with E-state index in [0.29, 0.717) is 5.92 Å². The van der Waals surface area contributed by atoms with Gasteiger partial charge in [-0.3, -0.25) is 0 Å². The van der Waals surface area contributed by atoms with Crippen LogP contribution in [0.3, 0.4) is 0 Å². The number of hydrogen-bond donors (Lipinski definition) is 1. The molecule has 0 radical (unpaired) electrons. The normalized spacial score (nSPS) is 24.8. The molecule has 0 aliphatic heterocycles. The summed E-state index contributed by atoms with van der Waals surface area (Å²) in [5.74, 6) is 0.411. The molecule has 0 saturated heterocycles. The fourth-order valence-corrected chi connectivity index (χ4v) is 1.45. The van der Waals surface area contributed by atoms with Crippen molar-refractivity contribution in [3.8, 4) is 0 Å². The third kappa shape index (κ3) is 4.90. The quantitative estimate of drug-likeness (QED) is 0.798. The van der Waals surface area contributed by atoms with Crippen molar-refractivity contribution in [1.29, 1.82) is 0 Å². The van der Waals surface area contributed by atoms with Crippen LogP contribution < -0.4 is 5.32 Å². The summed E-state index contributed by atoms with van der Waals surface area (Å²) in [5.41, 5.74) is 0. The fourth-order valence-electron chi connectivity index (χ4n) is 1.45. The highest BCUT2D eigenvalue weighted by molar-refractivity contribution is 5.68. The van der Waals surface area contributed by atoms with Crippen LogP contribution in [-0.2, 0) is 4.74 Å². The van der Waals surface area contributed by atoms with Gasteiger partial charge in [-0.05, 0) is 18.8 Å². The lowest BCUT2D eigenvalue weighted by Crippen LogP contribution is -2.31. The van der Waals surface area contributed by atoms with Gasteiger partial charge >= 0.3 is 12.3 Å². The lowest BCUT2D eigenvalue weighted by atomic mass is 10.2. The molecule has 1 aliphatic carbocycles. The molecule has 1 rings (SSSR count). The van der Waals surface area contributed by atoms with E-state index in [0.717, 1.165) is 19.3 Å². The van der Waals surface area contributed by atoms with Crippen molar-refractivity contribution in [2.75, 3.05) is 6.61 Å². The van der Waals surface area contributed by atoms with E-state index in [1.54, 1.807) is 0 Å². The molecule has 6 heteroatoms. The Bertz CT molecular complexity index is 230. The number of hydrogen-bond acceptors (Lipinski definition) is 2. The molecule has 1 fully saturated rings. The molecule has 0 aromatic carbocycles. The molecule has 1 saturated carbocycles. The third-order valence-corrected chi connectivity index (χ3v) is 2.25. The van der Waals surface area contributed by atoms with Crippen molar-refractivity contribution in [3.05, 3.63) is 0 Å². The maximum absolute atomic E-state index is 11.7. The topological polar surface area (TPSA) is 38.3 Å². The van der Waals surface area contributed by atoms with Gasteiger partial charge in [0.1, 0.15) is 0 Å². The molecule has 3 nitrogen and oxygen atoms in total. The molecule has 1 aliphatic rings. The van der Waals surface area contributed by atoms with Crippen LogP contribution in [0.25, 0.3) is 0 Å². The molecule has 15 heavy (non-hydrogen) atoms. The monoisotopic (exact) mass is 225 g/mol. The highest BCUT2D eigenvalue weighted by Gasteiger charge is 2.38. The number of alkyl carbamates (subject to hydrolysis) is 1. The van der Waals surface area contributed by atoms with Crippen LogP contribution in [0.2, 0.25) is 0 Å². The van der Waals surface area contributed by atoms with Gasteiger partial charge in [-0.25, -0.2) is 4.79 Å². The number of amides is 1. The summed E-state index contributed by atoms with van der Waals surface area (Å²) < 4.78 is 39.0. The molecule has 0 spiro atoms. The largest absolute Gasteiger partial charge is 0.440 e. The SMILES string of the molecule is CCCC1CC1NC(=O)OCC(F)(F)F. The van der Waals surface area contributed by atoms with E-state index in [1.165, 1.54) is 0 Å². The first kappa shape index (κ1) is 12.1. The second kappa shape index (κ2) is 4.72. The first-order valence-electron chi connectivity index (χ1n) is 4.92. The Morgan fingerprint density at radius 3 is 2.73 bits per heavy atom. The van der Waals surface area contributed by atoms with Gasteiger partial charge in [0.2, 0.25) is 0 Å². The van der Waals surface area contributed by atoms with E-state index in [4.69, 9.17) is 0 Å². The number of carbonyl (C=O) groups is 1. The van der Waals surface area contributed by atoms with Crippen molar-refractivity contribution in [1.82, 2.24) is 5.32 Å². The van der Waals surface area contributed by atoms with Gasteiger partial charge in [-0.2, -0.15) is 13.2 Å². The molecule has 0 aromatic rings. The minimum Gasteiger partial charge on any atom is -0.440 e. The number of alkyl halides is 3. The molecular weight excluding hydrogens is 211 g/mol. The molecule has 0 heterocycles. The van der Waals surface area contributed by atoms with Crippen molar-refractivity contribution >= 4 is 6.09 Å². The van der Waals surface area contributed by atoms with E-state index in [-0.39, 0.29) is 6.04 Å². The molecule has 88 valence electrons. The van der Waals surface area contributed by atoms with Crippen LogP contribution in [-0.4, -0.2) is 24.9 Å². The highest BCUT2D eigenvalue weighted by atomic mass is 19.4. The number of nitrogens with one attached hydrogen (secondary N) is 1. The third-order valence-electron chi connectivity index (χ3n) is 2.25. The van der Waals surface area contributed by atoms with Gasteiger partial charge in [0.25, 0.3) is 0 Å². The second-order valence-electron chi connectivity index (χ2n) is 3.73. The number of halogens is 3. The molecular formula is C9H14F3NO2. The molecule has 2 unspecified atom stereocenters. The van der Waals surface area contributed by atoms with Gasteiger partial charge in [0.05, 0.1) is 0 Å². The van der Waals surface area contributed by atoms with Crippen LogP contribution >= 0.6 is 0 Å². The molecule has 0 bridgehead atoms. The van der Waals surface area contributed by atoms with Gasteiger partial charge < -0.3 is 10.1 Å². The number of rotatable bonds is 4. The minimum absolute atomic E-state index is 0.00526. The Kier molecular flexibility index (Phi) is 3.82. The lowest BCUT2D eigenvalue weighted by Gasteiger charge is -2.08. The second-order valence-corrected chi connectivity index (χ2v) is 3.73. The predicted molar refractivity (Wildman–Crippen MR) is 47.3 cm³/mol. The number of carbonyl (C=O) groups excluding carboxylic acids is 1. The zero-order valence-corrected chi connectivity index (χ0v) is 8.43. The maximum atomic E-state index is 11.7. The summed E-state index contributed by atoms with van der Waals surface area (Å²) in [4.78, 5) is 10.9.